The molecule has 0 aliphatic carbocycles. The SMILES string of the molecule is CCOC(=O)c1csc(CN(CCCOC)S(=O)(=O)c2ccc(Br)cc2)n1. The van der Waals surface area contributed by atoms with E-state index in [1.54, 1.807) is 43.7 Å². The smallest absolute Gasteiger partial charge is 0.357 e. The molecule has 0 N–H and O–H groups in total. The van der Waals surface area contributed by atoms with Crippen LogP contribution >= 0.6 is 27.3 Å². The molecule has 1 heterocycles. The van der Waals surface area contributed by atoms with E-state index in [-0.39, 0.29) is 30.3 Å². The van der Waals surface area contributed by atoms with Gasteiger partial charge in [-0.25, -0.2) is 18.2 Å². The largest absolute Gasteiger partial charge is 0.461 e. The second kappa shape index (κ2) is 10.3. The van der Waals surface area contributed by atoms with Crippen molar-refractivity contribution in [1.29, 1.82) is 0 Å². The summed E-state index contributed by atoms with van der Waals surface area (Å²) in [6.07, 6.45) is 0.544. The minimum atomic E-state index is -3.71. The fourth-order valence-electron chi connectivity index (χ4n) is 2.26. The molecule has 0 saturated carbocycles. The first-order chi connectivity index (χ1) is 12.9. The Balaban J connectivity index is 2.23. The minimum absolute atomic E-state index is 0.0756. The normalized spacial score (nSPS) is 11.7. The maximum Gasteiger partial charge on any atom is 0.357 e. The Labute approximate surface area is 171 Å². The fraction of sp³-hybridized carbons (Fsp3) is 0.412. The molecule has 2 rings (SSSR count). The van der Waals surface area contributed by atoms with Gasteiger partial charge in [-0.1, -0.05) is 15.9 Å². The Morgan fingerprint density at radius 2 is 2.00 bits per heavy atom. The van der Waals surface area contributed by atoms with E-state index in [2.05, 4.69) is 20.9 Å². The van der Waals surface area contributed by atoms with Gasteiger partial charge in [0.05, 0.1) is 18.0 Å². The Hall–Kier alpha value is -1.33. The van der Waals surface area contributed by atoms with Crippen LogP contribution in [0.5, 0.6) is 0 Å². The van der Waals surface area contributed by atoms with Crippen LogP contribution in [0.15, 0.2) is 39.0 Å². The molecule has 0 aliphatic rings. The molecule has 0 fully saturated rings. The molecule has 148 valence electrons. The molecule has 0 atom stereocenters. The van der Waals surface area contributed by atoms with Gasteiger partial charge in [0.2, 0.25) is 10.0 Å². The van der Waals surface area contributed by atoms with E-state index in [1.807, 2.05) is 0 Å². The minimum Gasteiger partial charge on any atom is -0.461 e. The Bertz CT molecular complexity index is 852. The summed E-state index contributed by atoms with van der Waals surface area (Å²) in [5, 5.41) is 2.10. The quantitative estimate of drug-likeness (QED) is 0.386. The zero-order valence-electron chi connectivity index (χ0n) is 15.1. The molecule has 10 heteroatoms. The van der Waals surface area contributed by atoms with Crippen LogP contribution < -0.4 is 0 Å². The van der Waals surface area contributed by atoms with Crippen molar-refractivity contribution < 1.29 is 22.7 Å². The van der Waals surface area contributed by atoms with E-state index < -0.39 is 16.0 Å². The highest BCUT2D eigenvalue weighted by atomic mass is 79.9. The number of nitrogens with zero attached hydrogens (tertiary/aromatic N) is 2. The third kappa shape index (κ3) is 6.08. The van der Waals surface area contributed by atoms with Crippen LogP contribution in [-0.4, -0.2) is 50.5 Å². The summed E-state index contributed by atoms with van der Waals surface area (Å²) in [6, 6.07) is 6.47. The number of rotatable bonds is 10. The van der Waals surface area contributed by atoms with E-state index in [4.69, 9.17) is 9.47 Å². The molecule has 1 aromatic carbocycles. The number of benzene rings is 1. The third-order valence-electron chi connectivity index (χ3n) is 3.56. The average molecular weight is 477 g/mol. The lowest BCUT2D eigenvalue weighted by Crippen LogP contribution is -2.32. The van der Waals surface area contributed by atoms with Gasteiger partial charge in [-0.2, -0.15) is 4.31 Å². The Morgan fingerprint density at radius 3 is 2.63 bits per heavy atom. The number of carbonyl (C=O) groups is 1. The molecular formula is C17H21BrN2O5S2. The van der Waals surface area contributed by atoms with E-state index in [0.29, 0.717) is 18.0 Å². The van der Waals surface area contributed by atoms with Gasteiger partial charge in [-0.05, 0) is 37.6 Å². The summed E-state index contributed by atoms with van der Waals surface area (Å²) < 4.78 is 38.2. The zero-order chi connectivity index (χ0) is 19.9. The van der Waals surface area contributed by atoms with Crippen molar-refractivity contribution in [2.45, 2.75) is 24.8 Å². The Morgan fingerprint density at radius 1 is 1.30 bits per heavy atom. The molecule has 0 spiro atoms. The number of sulfonamides is 1. The summed E-state index contributed by atoms with van der Waals surface area (Å²) in [5.41, 5.74) is 0.190. The van der Waals surface area contributed by atoms with Gasteiger partial charge in [-0.15, -0.1) is 11.3 Å². The molecule has 0 radical (unpaired) electrons. The highest BCUT2D eigenvalue weighted by Crippen LogP contribution is 2.22. The van der Waals surface area contributed by atoms with Gasteiger partial charge >= 0.3 is 5.97 Å². The number of carbonyl (C=O) groups excluding carboxylic acids is 1. The van der Waals surface area contributed by atoms with Crippen molar-refractivity contribution in [2.24, 2.45) is 0 Å². The Kier molecular flexibility index (Phi) is 8.36. The van der Waals surface area contributed by atoms with Crippen LogP contribution in [0.2, 0.25) is 0 Å². The lowest BCUT2D eigenvalue weighted by atomic mass is 10.4. The van der Waals surface area contributed by atoms with E-state index in [9.17, 15) is 13.2 Å². The standard InChI is InChI=1S/C17H21BrN2O5S2/c1-3-25-17(21)15-12-26-16(19-15)11-20(9-4-10-24-2)27(22,23)14-7-5-13(18)6-8-14/h5-8,12H,3-4,9-11H2,1-2H3. The molecule has 0 saturated heterocycles. The third-order valence-corrected chi connectivity index (χ3v) is 6.78. The molecule has 0 bridgehead atoms. The molecule has 1 aromatic heterocycles. The summed E-state index contributed by atoms with van der Waals surface area (Å²) in [5.74, 6) is -0.512. The molecule has 2 aromatic rings. The van der Waals surface area contributed by atoms with Crippen molar-refractivity contribution in [3.8, 4) is 0 Å². The number of esters is 1. The fourth-order valence-corrected chi connectivity index (χ4v) is 4.82. The van der Waals surface area contributed by atoms with Crippen LogP contribution in [0.25, 0.3) is 0 Å². The molecule has 7 nitrogen and oxygen atoms in total. The summed E-state index contributed by atoms with van der Waals surface area (Å²) in [4.78, 5) is 16.2. The van der Waals surface area contributed by atoms with E-state index in [1.165, 1.54) is 15.6 Å². The monoisotopic (exact) mass is 476 g/mol. The van der Waals surface area contributed by atoms with Gasteiger partial charge in [-0.3, -0.25) is 0 Å². The second-order valence-electron chi connectivity index (χ2n) is 5.49. The maximum absolute atomic E-state index is 13.0. The van der Waals surface area contributed by atoms with E-state index in [0.717, 1.165) is 4.47 Å². The van der Waals surface area contributed by atoms with Crippen molar-refractivity contribution in [2.75, 3.05) is 26.9 Å². The van der Waals surface area contributed by atoms with Crippen LogP contribution in [0.3, 0.4) is 0 Å². The van der Waals surface area contributed by atoms with Crippen molar-refractivity contribution in [3.63, 3.8) is 0 Å². The molecule has 0 aliphatic heterocycles. The predicted octanol–water partition coefficient (Wildman–Crippen LogP) is 3.31. The number of aromatic nitrogens is 1. The average Bonchev–Trinajstić information content (AvgIpc) is 3.10. The number of methoxy groups -OCH3 is 1. The van der Waals surface area contributed by atoms with Crippen molar-refractivity contribution in [3.05, 3.63) is 44.8 Å². The van der Waals surface area contributed by atoms with Gasteiger partial charge in [0, 0.05) is 30.1 Å². The number of halogens is 1. The molecule has 27 heavy (non-hydrogen) atoms. The number of hydrogen-bond acceptors (Lipinski definition) is 7. The van der Waals surface area contributed by atoms with Crippen molar-refractivity contribution in [1.82, 2.24) is 9.29 Å². The van der Waals surface area contributed by atoms with Gasteiger partial charge in [0.25, 0.3) is 0 Å². The first-order valence-electron chi connectivity index (χ1n) is 8.24. The molecule has 0 unspecified atom stereocenters. The lowest BCUT2D eigenvalue weighted by molar-refractivity contribution is 0.0520. The number of ether oxygens (including phenoxy) is 2. The summed E-state index contributed by atoms with van der Waals surface area (Å²) >= 11 is 4.53. The first kappa shape index (κ1) is 22.0. The van der Waals surface area contributed by atoms with Crippen LogP contribution in [-0.2, 0) is 26.0 Å². The van der Waals surface area contributed by atoms with Gasteiger partial charge in [0.15, 0.2) is 5.69 Å². The van der Waals surface area contributed by atoms with Crippen LogP contribution in [0.1, 0.15) is 28.8 Å². The number of hydrogen-bond donors (Lipinski definition) is 0. The summed E-state index contributed by atoms with van der Waals surface area (Å²) in [7, 11) is -2.14. The lowest BCUT2D eigenvalue weighted by Gasteiger charge is -2.21. The van der Waals surface area contributed by atoms with Crippen molar-refractivity contribution >= 4 is 43.3 Å². The number of thiazole rings is 1. The van der Waals surface area contributed by atoms with Gasteiger partial charge < -0.3 is 9.47 Å². The van der Waals surface area contributed by atoms with Crippen LogP contribution in [0.4, 0.5) is 0 Å². The molecular weight excluding hydrogens is 456 g/mol. The van der Waals surface area contributed by atoms with Crippen LogP contribution in [0, 0.1) is 0 Å². The first-order valence-corrected chi connectivity index (χ1v) is 11.4. The summed E-state index contributed by atoms with van der Waals surface area (Å²) in [6.45, 7) is 2.77. The highest BCUT2D eigenvalue weighted by molar-refractivity contribution is 9.10. The molecule has 0 amide bonds. The second-order valence-corrected chi connectivity index (χ2v) is 9.28. The van der Waals surface area contributed by atoms with Gasteiger partial charge in [0.1, 0.15) is 5.01 Å². The predicted molar refractivity (Wildman–Crippen MR) is 106 cm³/mol. The maximum atomic E-state index is 13.0. The van der Waals surface area contributed by atoms with E-state index >= 15 is 0 Å². The zero-order valence-corrected chi connectivity index (χ0v) is 18.3. The highest BCUT2D eigenvalue weighted by Gasteiger charge is 2.26. The topological polar surface area (TPSA) is 85.8 Å².